The number of rotatable bonds is 4. The van der Waals surface area contributed by atoms with Crippen molar-refractivity contribution in [1.29, 1.82) is 0 Å². The maximum atomic E-state index is 2.53. The fraction of sp³-hybridized carbons (Fsp3) is 0.0769. The molecular weight excluding hydrogens is 667 g/mol. The van der Waals surface area contributed by atoms with Crippen molar-refractivity contribution in [1.82, 2.24) is 13.7 Å². The van der Waals surface area contributed by atoms with E-state index in [2.05, 4.69) is 216 Å². The average molecular weight is 706 g/mol. The molecule has 0 radical (unpaired) electrons. The number of aromatic nitrogens is 3. The monoisotopic (exact) mass is 705 g/mol. The van der Waals surface area contributed by atoms with E-state index in [4.69, 9.17) is 0 Å². The maximum Gasteiger partial charge on any atom is 0.0586 e. The molecule has 0 bridgehead atoms. The molecule has 0 fully saturated rings. The lowest BCUT2D eigenvalue weighted by molar-refractivity contribution is 0.594. The van der Waals surface area contributed by atoms with E-state index >= 15 is 0 Å². The van der Waals surface area contributed by atoms with Gasteiger partial charge in [0.05, 0.1) is 38.8 Å². The fourth-order valence-corrected chi connectivity index (χ4v) is 9.20. The van der Waals surface area contributed by atoms with Gasteiger partial charge in [0.2, 0.25) is 0 Å². The van der Waals surface area contributed by atoms with Gasteiger partial charge in [-0.2, -0.15) is 0 Å². The Kier molecular flexibility index (Phi) is 6.81. The summed E-state index contributed by atoms with van der Waals surface area (Å²) in [4.78, 5) is 0. The number of benzene rings is 8. The molecule has 3 aromatic heterocycles. The predicted octanol–water partition coefficient (Wildman–Crippen LogP) is 13.9. The predicted molar refractivity (Wildman–Crippen MR) is 234 cm³/mol. The van der Waals surface area contributed by atoms with E-state index in [-0.39, 0.29) is 5.41 Å². The minimum atomic E-state index is -0.133. The second-order valence-electron chi connectivity index (χ2n) is 15.8. The first-order chi connectivity index (χ1) is 27.0. The van der Waals surface area contributed by atoms with E-state index in [1.165, 1.54) is 99.2 Å². The van der Waals surface area contributed by atoms with Gasteiger partial charge in [-0.3, -0.25) is 0 Å². The van der Waals surface area contributed by atoms with Crippen LogP contribution in [0.15, 0.2) is 182 Å². The summed E-state index contributed by atoms with van der Waals surface area (Å²) in [6.45, 7) is 7.05. The van der Waals surface area contributed by atoms with Crippen molar-refractivity contribution in [2.24, 2.45) is 0 Å². The molecule has 55 heavy (non-hydrogen) atoms. The molecular formula is C52H39N3. The number of para-hydroxylation sites is 6. The van der Waals surface area contributed by atoms with Crippen LogP contribution in [0.2, 0.25) is 0 Å². The van der Waals surface area contributed by atoms with Gasteiger partial charge in [0.15, 0.2) is 0 Å². The molecule has 0 N–H and O–H groups in total. The van der Waals surface area contributed by atoms with Crippen molar-refractivity contribution in [3.05, 3.63) is 188 Å². The summed E-state index contributed by atoms with van der Waals surface area (Å²) >= 11 is 0. The van der Waals surface area contributed by atoms with Crippen molar-refractivity contribution in [2.75, 3.05) is 0 Å². The van der Waals surface area contributed by atoms with Gasteiger partial charge in [-0.05, 0) is 83.3 Å². The van der Waals surface area contributed by atoms with Crippen LogP contribution >= 0.6 is 0 Å². The fourth-order valence-electron chi connectivity index (χ4n) is 9.20. The summed E-state index contributed by atoms with van der Waals surface area (Å²) in [6, 6.07) is 66.7. The number of fused-ring (bicyclic) bond motifs is 10. The molecule has 0 saturated carbocycles. The zero-order chi connectivity index (χ0) is 36.8. The largest absolute Gasteiger partial charge is 0.309 e. The van der Waals surface area contributed by atoms with Gasteiger partial charge in [0.1, 0.15) is 0 Å². The van der Waals surface area contributed by atoms with Gasteiger partial charge in [0, 0.05) is 49.3 Å². The molecule has 0 spiro atoms. The molecule has 0 aliphatic heterocycles. The second-order valence-corrected chi connectivity index (χ2v) is 15.8. The lowest BCUT2D eigenvalue weighted by Crippen LogP contribution is -2.14. The van der Waals surface area contributed by atoms with Crippen molar-refractivity contribution in [2.45, 2.75) is 26.2 Å². The zero-order valence-corrected chi connectivity index (χ0v) is 31.2. The van der Waals surface area contributed by atoms with Crippen LogP contribution in [0.5, 0.6) is 0 Å². The summed E-state index contributed by atoms with van der Waals surface area (Å²) in [6.07, 6.45) is 0. The summed E-state index contributed by atoms with van der Waals surface area (Å²) < 4.78 is 7.41. The molecule has 0 aliphatic rings. The minimum absolute atomic E-state index is 0.133. The zero-order valence-electron chi connectivity index (χ0n) is 31.2. The van der Waals surface area contributed by atoms with Gasteiger partial charge in [-0.1, -0.05) is 136 Å². The van der Waals surface area contributed by atoms with Gasteiger partial charge in [-0.15, -0.1) is 0 Å². The van der Waals surface area contributed by atoms with Crippen LogP contribution in [0.3, 0.4) is 0 Å². The normalized spacial score (nSPS) is 12.3. The molecule has 0 aliphatic carbocycles. The Balaban J connectivity index is 1.24. The molecule has 8 aromatic carbocycles. The van der Waals surface area contributed by atoms with Gasteiger partial charge >= 0.3 is 0 Å². The summed E-state index contributed by atoms with van der Waals surface area (Å²) in [5, 5.41) is 7.64. The van der Waals surface area contributed by atoms with Crippen LogP contribution in [0, 0.1) is 0 Å². The lowest BCUT2D eigenvalue weighted by Gasteiger charge is -2.23. The molecule has 11 aromatic rings. The molecule has 11 rings (SSSR count). The third kappa shape index (κ3) is 4.63. The number of hydrogen-bond donors (Lipinski definition) is 0. The Morgan fingerprint density at radius 3 is 1.55 bits per heavy atom. The van der Waals surface area contributed by atoms with Crippen LogP contribution in [0.1, 0.15) is 26.3 Å². The van der Waals surface area contributed by atoms with E-state index < -0.39 is 0 Å². The highest BCUT2D eigenvalue weighted by Gasteiger charge is 2.28. The molecule has 3 heteroatoms. The Morgan fingerprint density at radius 2 is 0.873 bits per heavy atom. The van der Waals surface area contributed by atoms with Crippen molar-refractivity contribution >= 4 is 65.4 Å². The van der Waals surface area contributed by atoms with Crippen LogP contribution in [-0.4, -0.2) is 13.7 Å². The minimum Gasteiger partial charge on any atom is -0.309 e. The average Bonchev–Trinajstić information content (AvgIpc) is 3.86. The third-order valence-electron chi connectivity index (χ3n) is 11.5. The highest BCUT2D eigenvalue weighted by atomic mass is 15.0. The quantitative estimate of drug-likeness (QED) is 0.173. The van der Waals surface area contributed by atoms with Gasteiger partial charge in [-0.25, -0.2) is 0 Å². The van der Waals surface area contributed by atoms with Crippen LogP contribution in [-0.2, 0) is 5.41 Å². The SMILES string of the molecule is CC(C)(C)c1cc2c(c3ccccc3n2-c2ccccc2-c2ccc3c(c2)c2ccccc2n3-c2ccccc2)c2c3ccccc3n(-c3ccccc3)c12. The Hall–Kier alpha value is -6.84. The Bertz CT molecular complexity index is 3280. The van der Waals surface area contributed by atoms with E-state index in [0.717, 1.165) is 0 Å². The number of nitrogens with zero attached hydrogens (tertiary/aromatic N) is 3. The second kappa shape index (κ2) is 11.8. The van der Waals surface area contributed by atoms with Gasteiger partial charge < -0.3 is 13.7 Å². The summed E-state index contributed by atoms with van der Waals surface area (Å²) in [5.74, 6) is 0. The van der Waals surface area contributed by atoms with Crippen LogP contribution in [0.25, 0.3) is 93.6 Å². The molecule has 0 amide bonds. The first-order valence-electron chi connectivity index (χ1n) is 19.2. The molecule has 262 valence electrons. The topological polar surface area (TPSA) is 14.8 Å². The first-order valence-corrected chi connectivity index (χ1v) is 19.2. The third-order valence-corrected chi connectivity index (χ3v) is 11.5. The van der Waals surface area contributed by atoms with Crippen molar-refractivity contribution in [3.63, 3.8) is 0 Å². The molecule has 3 heterocycles. The van der Waals surface area contributed by atoms with E-state index in [1.807, 2.05) is 0 Å². The molecule has 0 unspecified atom stereocenters. The maximum absolute atomic E-state index is 2.53. The van der Waals surface area contributed by atoms with E-state index in [1.54, 1.807) is 0 Å². The summed E-state index contributed by atoms with van der Waals surface area (Å²) in [7, 11) is 0. The summed E-state index contributed by atoms with van der Waals surface area (Å²) in [5.41, 5.74) is 14.5. The van der Waals surface area contributed by atoms with E-state index in [0.29, 0.717) is 0 Å². The van der Waals surface area contributed by atoms with Crippen LogP contribution in [0.4, 0.5) is 0 Å². The van der Waals surface area contributed by atoms with Crippen molar-refractivity contribution < 1.29 is 0 Å². The standard InChI is InChI=1S/C52H39N3/c1-52(2,3)42-33-48-49(50-40-25-13-16-28-45(40)54(51(42)50)36-20-8-5-9-21-36)39-24-12-17-29-46(39)55(48)43-26-14-10-22-37(43)34-30-31-47-41(32-34)38-23-11-15-27-44(38)53(47)35-18-6-4-7-19-35/h4-33H,1-3H3. The van der Waals surface area contributed by atoms with Gasteiger partial charge in [0.25, 0.3) is 0 Å². The highest BCUT2D eigenvalue weighted by Crippen LogP contribution is 2.47. The molecule has 0 saturated heterocycles. The molecule has 3 nitrogen and oxygen atoms in total. The smallest absolute Gasteiger partial charge is 0.0586 e. The van der Waals surface area contributed by atoms with E-state index in [9.17, 15) is 0 Å². The Morgan fingerprint density at radius 1 is 0.364 bits per heavy atom. The van der Waals surface area contributed by atoms with Crippen molar-refractivity contribution in [3.8, 4) is 28.2 Å². The Labute approximate surface area is 319 Å². The lowest BCUT2D eigenvalue weighted by atomic mass is 9.84. The van der Waals surface area contributed by atoms with Crippen LogP contribution < -0.4 is 0 Å². The highest BCUT2D eigenvalue weighted by molar-refractivity contribution is 6.30. The number of hydrogen-bond acceptors (Lipinski definition) is 0. The molecule has 0 atom stereocenters. The first kappa shape index (κ1) is 31.7.